The predicted octanol–water partition coefficient (Wildman–Crippen LogP) is 4.55. The molecule has 2 nitrogen and oxygen atoms in total. The van der Waals surface area contributed by atoms with Gasteiger partial charge in [0.05, 0.1) is 0 Å². The highest BCUT2D eigenvalue weighted by Gasteiger charge is 2.07. The lowest BCUT2D eigenvalue weighted by Gasteiger charge is -2.06. The Hall–Kier alpha value is -1.51. The van der Waals surface area contributed by atoms with Crippen LogP contribution in [0.1, 0.15) is 15.9 Å². The summed E-state index contributed by atoms with van der Waals surface area (Å²) in [7, 11) is 0. The number of aryl methyl sites for hydroxylation is 1. The molecular weight excluding hydrogens is 269 g/mol. The molecule has 0 aliphatic carbocycles. The zero-order valence-electron chi connectivity index (χ0n) is 9.71. The maximum absolute atomic E-state index is 12.0. The molecule has 92 valence electrons. The van der Waals surface area contributed by atoms with E-state index in [0.29, 0.717) is 21.3 Å². The fourth-order valence-electron chi connectivity index (χ4n) is 1.47. The maximum Gasteiger partial charge on any atom is 0.255 e. The summed E-state index contributed by atoms with van der Waals surface area (Å²) >= 11 is 11.8. The monoisotopic (exact) mass is 279 g/mol. The van der Waals surface area contributed by atoms with E-state index in [0.717, 1.165) is 5.56 Å². The first-order valence-corrected chi connectivity index (χ1v) is 6.15. The third kappa shape index (κ3) is 3.03. The van der Waals surface area contributed by atoms with Crippen LogP contribution in [-0.4, -0.2) is 5.91 Å². The molecule has 0 atom stereocenters. The highest BCUT2D eigenvalue weighted by atomic mass is 35.5. The van der Waals surface area contributed by atoms with Crippen molar-refractivity contribution in [3.8, 4) is 0 Å². The fourth-order valence-corrected chi connectivity index (χ4v) is 1.78. The van der Waals surface area contributed by atoms with Crippen molar-refractivity contribution in [3.05, 3.63) is 63.6 Å². The summed E-state index contributed by atoms with van der Waals surface area (Å²) in [5.74, 6) is -0.195. The van der Waals surface area contributed by atoms with Gasteiger partial charge in [-0.15, -0.1) is 0 Å². The molecular formula is C14H11Cl2NO. The lowest BCUT2D eigenvalue weighted by Crippen LogP contribution is -2.11. The van der Waals surface area contributed by atoms with Gasteiger partial charge in [0.15, 0.2) is 0 Å². The van der Waals surface area contributed by atoms with Crippen molar-refractivity contribution in [1.82, 2.24) is 0 Å². The van der Waals surface area contributed by atoms with Gasteiger partial charge in [0.2, 0.25) is 0 Å². The van der Waals surface area contributed by atoms with Crippen LogP contribution in [0.5, 0.6) is 0 Å². The van der Waals surface area contributed by atoms with E-state index in [2.05, 4.69) is 5.32 Å². The zero-order chi connectivity index (χ0) is 13.1. The van der Waals surface area contributed by atoms with E-state index < -0.39 is 0 Å². The molecule has 2 aromatic rings. The summed E-state index contributed by atoms with van der Waals surface area (Å²) in [5, 5.41) is 3.99. The average Bonchev–Trinajstić information content (AvgIpc) is 2.35. The van der Waals surface area contributed by atoms with Gasteiger partial charge in [-0.05, 0) is 48.9 Å². The van der Waals surface area contributed by atoms with Crippen LogP contribution in [0.15, 0.2) is 42.5 Å². The molecule has 4 heteroatoms. The standard InChI is InChI=1S/C14H11Cl2NO/c1-9-2-3-10(8-13(9)16)14(18)17-12-6-4-11(15)5-7-12/h2-8H,1H3,(H,17,18). The number of nitrogens with one attached hydrogen (secondary N) is 1. The van der Waals surface area contributed by atoms with Crippen LogP contribution in [0.2, 0.25) is 10.0 Å². The van der Waals surface area contributed by atoms with Crippen molar-refractivity contribution >= 4 is 34.8 Å². The number of carbonyl (C=O) groups excluding carboxylic acids is 1. The second-order valence-corrected chi connectivity index (χ2v) is 4.77. The van der Waals surface area contributed by atoms with Gasteiger partial charge in [-0.1, -0.05) is 29.3 Å². The Balaban J connectivity index is 2.16. The van der Waals surface area contributed by atoms with Gasteiger partial charge in [-0.2, -0.15) is 0 Å². The quantitative estimate of drug-likeness (QED) is 0.858. The number of hydrogen-bond donors (Lipinski definition) is 1. The van der Waals surface area contributed by atoms with Crippen molar-refractivity contribution in [3.63, 3.8) is 0 Å². The summed E-state index contributed by atoms with van der Waals surface area (Å²) in [6.45, 7) is 1.89. The lowest BCUT2D eigenvalue weighted by atomic mass is 10.1. The first kappa shape index (κ1) is 12.9. The van der Waals surface area contributed by atoms with Gasteiger partial charge in [0.25, 0.3) is 5.91 Å². The molecule has 0 aromatic heterocycles. The highest BCUT2D eigenvalue weighted by Crippen LogP contribution is 2.18. The molecule has 0 radical (unpaired) electrons. The minimum Gasteiger partial charge on any atom is -0.322 e. The first-order valence-electron chi connectivity index (χ1n) is 5.39. The van der Waals surface area contributed by atoms with Gasteiger partial charge in [-0.25, -0.2) is 0 Å². The van der Waals surface area contributed by atoms with Crippen LogP contribution in [0.25, 0.3) is 0 Å². The molecule has 0 aliphatic rings. The van der Waals surface area contributed by atoms with E-state index in [-0.39, 0.29) is 5.91 Å². The summed E-state index contributed by atoms with van der Waals surface area (Å²) in [4.78, 5) is 12.0. The fraction of sp³-hybridized carbons (Fsp3) is 0.0714. The van der Waals surface area contributed by atoms with Gasteiger partial charge in [0.1, 0.15) is 0 Å². The van der Waals surface area contributed by atoms with Crippen LogP contribution in [0, 0.1) is 6.92 Å². The van der Waals surface area contributed by atoms with Crippen LogP contribution < -0.4 is 5.32 Å². The van der Waals surface area contributed by atoms with Gasteiger partial charge < -0.3 is 5.32 Å². The van der Waals surface area contributed by atoms with Crippen molar-refractivity contribution in [2.75, 3.05) is 5.32 Å². The molecule has 0 bridgehead atoms. The smallest absolute Gasteiger partial charge is 0.255 e. The van der Waals surface area contributed by atoms with Gasteiger partial charge in [0, 0.05) is 21.3 Å². The summed E-state index contributed by atoms with van der Waals surface area (Å²) in [6.07, 6.45) is 0. The Morgan fingerprint density at radius 3 is 2.33 bits per heavy atom. The molecule has 0 spiro atoms. The van der Waals surface area contributed by atoms with Gasteiger partial charge in [-0.3, -0.25) is 4.79 Å². The minimum atomic E-state index is -0.195. The Bertz CT molecular complexity index is 579. The van der Waals surface area contributed by atoms with Crippen molar-refractivity contribution in [2.45, 2.75) is 6.92 Å². The first-order chi connectivity index (χ1) is 8.56. The van der Waals surface area contributed by atoms with Crippen LogP contribution >= 0.6 is 23.2 Å². The molecule has 0 saturated heterocycles. The van der Waals surface area contributed by atoms with E-state index in [1.165, 1.54) is 0 Å². The van der Waals surface area contributed by atoms with Crippen molar-refractivity contribution < 1.29 is 4.79 Å². The summed E-state index contributed by atoms with van der Waals surface area (Å²) in [6, 6.07) is 12.2. The van der Waals surface area contributed by atoms with Crippen LogP contribution in [0.4, 0.5) is 5.69 Å². The van der Waals surface area contributed by atoms with Crippen molar-refractivity contribution in [2.24, 2.45) is 0 Å². The molecule has 0 unspecified atom stereocenters. The van der Waals surface area contributed by atoms with Crippen LogP contribution in [0.3, 0.4) is 0 Å². The third-order valence-corrected chi connectivity index (χ3v) is 3.20. The summed E-state index contributed by atoms with van der Waals surface area (Å²) < 4.78 is 0. The van der Waals surface area contributed by atoms with E-state index in [1.54, 1.807) is 36.4 Å². The number of benzene rings is 2. The molecule has 0 aliphatic heterocycles. The largest absolute Gasteiger partial charge is 0.322 e. The normalized spacial score (nSPS) is 10.2. The average molecular weight is 280 g/mol. The molecule has 0 saturated carbocycles. The maximum atomic E-state index is 12.0. The highest BCUT2D eigenvalue weighted by molar-refractivity contribution is 6.32. The molecule has 0 heterocycles. The second-order valence-electron chi connectivity index (χ2n) is 3.92. The molecule has 2 aromatic carbocycles. The van der Waals surface area contributed by atoms with E-state index in [4.69, 9.17) is 23.2 Å². The van der Waals surface area contributed by atoms with Crippen molar-refractivity contribution in [1.29, 1.82) is 0 Å². The van der Waals surface area contributed by atoms with Crippen LogP contribution in [-0.2, 0) is 0 Å². The Morgan fingerprint density at radius 1 is 1.06 bits per heavy atom. The van der Waals surface area contributed by atoms with E-state index >= 15 is 0 Å². The van der Waals surface area contributed by atoms with E-state index in [9.17, 15) is 4.79 Å². The number of anilines is 1. The number of amides is 1. The lowest BCUT2D eigenvalue weighted by molar-refractivity contribution is 0.102. The molecule has 0 fully saturated rings. The second kappa shape index (κ2) is 5.42. The Kier molecular flexibility index (Phi) is 3.90. The number of carbonyl (C=O) groups is 1. The zero-order valence-corrected chi connectivity index (χ0v) is 11.2. The Morgan fingerprint density at radius 2 is 1.72 bits per heavy atom. The van der Waals surface area contributed by atoms with E-state index in [1.807, 2.05) is 13.0 Å². The SMILES string of the molecule is Cc1ccc(C(=O)Nc2ccc(Cl)cc2)cc1Cl. The summed E-state index contributed by atoms with van der Waals surface area (Å²) in [5.41, 5.74) is 2.17. The molecule has 18 heavy (non-hydrogen) atoms. The number of hydrogen-bond acceptors (Lipinski definition) is 1. The minimum absolute atomic E-state index is 0.195. The predicted molar refractivity (Wildman–Crippen MR) is 75.6 cm³/mol. The molecule has 1 amide bonds. The topological polar surface area (TPSA) is 29.1 Å². The Labute approximate surface area is 116 Å². The number of rotatable bonds is 2. The molecule has 1 N–H and O–H groups in total. The number of halogens is 2. The van der Waals surface area contributed by atoms with Gasteiger partial charge >= 0.3 is 0 Å². The third-order valence-electron chi connectivity index (χ3n) is 2.54. The molecule has 2 rings (SSSR count).